The fourth-order valence-electron chi connectivity index (χ4n) is 2.95. The Balaban J connectivity index is 1.35. The van der Waals surface area contributed by atoms with Gasteiger partial charge in [-0.3, -0.25) is 4.79 Å². The molecule has 1 atom stereocenters. The van der Waals surface area contributed by atoms with Gasteiger partial charge in [0.1, 0.15) is 11.9 Å². The van der Waals surface area contributed by atoms with Crippen molar-refractivity contribution < 1.29 is 23.2 Å². The number of carbonyl (C=O) groups is 1. The molecule has 8 nitrogen and oxygen atoms in total. The number of halogens is 1. The summed E-state index contributed by atoms with van der Waals surface area (Å²) in [5.74, 6) is 0.0434. The third-order valence-corrected chi connectivity index (χ3v) is 4.52. The van der Waals surface area contributed by atoms with Crippen LogP contribution in [0.5, 0.6) is 0 Å². The Morgan fingerprint density at radius 1 is 1.33 bits per heavy atom. The maximum Gasteiger partial charge on any atom is 0.273 e. The maximum absolute atomic E-state index is 13.8. The van der Waals surface area contributed by atoms with Crippen molar-refractivity contribution in [2.75, 3.05) is 0 Å². The zero-order valence-electron chi connectivity index (χ0n) is 14.4. The number of hydrogen-bond donors (Lipinski definition) is 2. The number of amides is 1. The van der Waals surface area contributed by atoms with Gasteiger partial charge < -0.3 is 19.4 Å². The number of carbonyl (C=O) groups excluding carboxylic acids is 1. The van der Waals surface area contributed by atoms with Crippen LogP contribution in [0.1, 0.15) is 54.1 Å². The van der Waals surface area contributed by atoms with Crippen molar-refractivity contribution in [2.24, 2.45) is 0 Å². The van der Waals surface area contributed by atoms with Crippen molar-refractivity contribution in [3.05, 3.63) is 53.6 Å². The van der Waals surface area contributed by atoms with E-state index < -0.39 is 11.9 Å². The first-order valence-electron chi connectivity index (χ1n) is 8.55. The van der Waals surface area contributed by atoms with Crippen molar-refractivity contribution in [1.29, 1.82) is 0 Å². The summed E-state index contributed by atoms with van der Waals surface area (Å²) < 4.78 is 24.3. The van der Waals surface area contributed by atoms with E-state index in [1.165, 1.54) is 12.1 Å². The summed E-state index contributed by atoms with van der Waals surface area (Å²) in [6, 6.07) is 7.47. The highest BCUT2D eigenvalue weighted by Crippen LogP contribution is 2.36. The number of benzene rings is 1. The molecule has 1 amide bonds. The first-order valence-corrected chi connectivity index (χ1v) is 8.55. The summed E-state index contributed by atoms with van der Waals surface area (Å²) in [5, 5.41) is 23.7. The van der Waals surface area contributed by atoms with Crippen molar-refractivity contribution in [2.45, 2.75) is 37.8 Å². The standard InChI is InChI=1S/C18H17FN4O4/c1-9(24)17-21-22-18(26-17)10-6-11(7-10)20-16(25)14-8-15(27-23-14)12-4-2-3-5-13(12)19/h2-5,8-11,24H,6-7H2,1H3,(H,20,25)/t9-,10-,11-/m1/s1. The SMILES string of the molecule is C[C@@H](O)c1nnc([C@H]2C[C@H](NC(=O)c3cc(-c4ccccc4F)on3)C2)o1. The second-order valence-corrected chi connectivity index (χ2v) is 6.55. The second kappa shape index (κ2) is 6.92. The number of aliphatic hydroxyl groups excluding tert-OH is 1. The minimum absolute atomic E-state index is 0.0431. The molecule has 140 valence electrons. The van der Waals surface area contributed by atoms with Crippen LogP contribution in [-0.2, 0) is 0 Å². The minimum Gasteiger partial charge on any atom is -0.422 e. The zero-order valence-corrected chi connectivity index (χ0v) is 14.4. The Kier molecular flexibility index (Phi) is 4.44. The van der Waals surface area contributed by atoms with E-state index in [1.54, 1.807) is 25.1 Å². The Labute approximate surface area is 153 Å². The molecule has 2 heterocycles. The highest BCUT2D eigenvalue weighted by molar-refractivity contribution is 5.93. The van der Waals surface area contributed by atoms with Crippen LogP contribution in [0.25, 0.3) is 11.3 Å². The van der Waals surface area contributed by atoms with Gasteiger partial charge in [-0.25, -0.2) is 4.39 Å². The molecule has 1 fully saturated rings. The molecule has 1 saturated carbocycles. The lowest BCUT2D eigenvalue weighted by Crippen LogP contribution is -2.43. The average Bonchev–Trinajstić information content (AvgIpc) is 3.27. The van der Waals surface area contributed by atoms with Crippen molar-refractivity contribution in [1.82, 2.24) is 20.7 Å². The molecule has 2 aromatic heterocycles. The van der Waals surface area contributed by atoms with Gasteiger partial charge in [0.05, 0.1) is 5.56 Å². The van der Waals surface area contributed by atoms with Crippen LogP contribution in [-0.4, -0.2) is 32.4 Å². The van der Waals surface area contributed by atoms with Gasteiger partial charge in [-0.1, -0.05) is 17.3 Å². The molecule has 0 saturated heterocycles. The van der Waals surface area contributed by atoms with Crippen LogP contribution in [0.4, 0.5) is 4.39 Å². The van der Waals surface area contributed by atoms with Crippen LogP contribution < -0.4 is 5.32 Å². The highest BCUT2D eigenvalue weighted by Gasteiger charge is 2.36. The lowest BCUT2D eigenvalue weighted by atomic mass is 9.80. The van der Waals surface area contributed by atoms with E-state index in [0.717, 1.165) is 0 Å². The predicted molar refractivity (Wildman–Crippen MR) is 90.1 cm³/mol. The highest BCUT2D eigenvalue weighted by atomic mass is 19.1. The van der Waals surface area contributed by atoms with Gasteiger partial charge in [0.25, 0.3) is 5.91 Å². The molecule has 1 aliphatic rings. The molecular formula is C18H17FN4O4. The van der Waals surface area contributed by atoms with E-state index in [-0.39, 0.29) is 40.8 Å². The van der Waals surface area contributed by atoms with Crippen LogP contribution in [0, 0.1) is 5.82 Å². The monoisotopic (exact) mass is 372 g/mol. The Hall–Kier alpha value is -3.07. The van der Waals surface area contributed by atoms with Gasteiger partial charge in [0.2, 0.25) is 11.8 Å². The summed E-state index contributed by atoms with van der Waals surface area (Å²) in [4.78, 5) is 12.3. The van der Waals surface area contributed by atoms with E-state index >= 15 is 0 Å². The number of aromatic nitrogens is 3. The lowest BCUT2D eigenvalue weighted by molar-refractivity contribution is 0.0892. The number of hydrogen-bond acceptors (Lipinski definition) is 7. The molecule has 1 aromatic carbocycles. The third kappa shape index (κ3) is 3.45. The second-order valence-electron chi connectivity index (χ2n) is 6.55. The normalized spacial score (nSPS) is 20.1. The first kappa shape index (κ1) is 17.3. The van der Waals surface area contributed by atoms with Gasteiger partial charge in [-0.2, -0.15) is 0 Å². The van der Waals surface area contributed by atoms with Gasteiger partial charge in [-0.05, 0) is 31.9 Å². The number of nitrogens with one attached hydrogen (secondary N) is 1. The van der Waals surface area contributed by atoms with Crippen LogP contribution in [0.3, 0.4) is 0 Å². The molecule has 1 aliphatic carbocycles. The summed E-state index contributed by atoms with van der Waals surface area (Å²) >= 11 is 0. The molecule has 9 heteroatoms. The van der Waals surface area contributed by atoms with E-state index in [2.05, 4.69) is 20.7 Å². The summed E-state index contributed by atoms with van der Waals surface area (Å²) in [5.41, 5.74) is 0.337. The molecule has 27 heavy (non-hydrogen) atoms. The molecule has 2 N–H and O–H groups in total. The van der Waals surface area contributed by atoms with Crippen molar-refractivity contribution >= 4 is 5.91 Å². The molecule has 0 aliphatic heterocycles. The van der Waals surface area contributed by atoms with E-state index in [1.807, 2.05) is 0 Å². The molecule has 0 unspecified atom stereocenters. The predicted octanol–water partition coefficient (Wildman–Crippen LogP) is 2.59. The summed E-state index contributed by atoms with van der Waals surface area (Å²) in [6.07, 6.45) is 0.480. The van der Waals surface area contributed by atoms with Crippen molar-refractivity contribution in [3.8, 4) is 11.3 Å². The van der Waals surface area contributed by atoms with Crippen molar-refractivity contribution in [3.63, 3.8) is 0 Å². The van der Waals surface area contributed by atoms with E-state index in [0.29, 0.717) is 18.7 Å². The molecule has 3 aromatic rings. The Morgan fingerprint density at radius 2 is 2.11 bits per heavy atom. The van der Waals surface area contributed by atoms with Crippen LogP contribution in [0.15, 0.2) is 39.3 Å². The zero-order chi connectivity index (χ0) is 19.0. The topological polar surface area (TPSA) is 114 Å². The lowest BCUT2D eigenvalue weighted by Gasteiger charge is -2.33. The summed E-state index contributed by atoms with van der Waals surface area (Å²) in [7, 11) is 0. The average molecular weight is 372 g/mol. The van der Waals surface area contributed by atoms with Crippen LogP contribution >= 0.6 is 0 Å². The smallest absolute Gasteiger partial charge is 0.273 e. The quantitative estimate of drug-likeness (QED) is 0.707. The van der Waals surface area contributed by atoms with Gasteiger partial charge in [-0.15, -0.1) is 10.2 Å². The van der Waals surface area contributed by atoms with E-state index in [9.17, 15) is 14.3 Å². The first-order chi connectivity index (χ1) is 13.0. The van der Waals surface area contributed by atoms with Crippen LogP contribution in [0.2, 0.25) is 0 Å². The Morgan fingerprint density at radius 3 is 2.81 bits per heavy atom. The molecule has 0 spiro atoms. The largest absolute Gasteiger partial charge is 0.422 e. The van der Waals surface area contributed by atoms with Gasteiger partial charge >= 0.3 is 0 Å². The molecule has 0 radical (unpaired) electrons. The number of rotatable bonds is 5. The molecule has 4 rings (SSSR count). The maximum atomic E-state index is 13.8. The fraction of sp³-hybridized carbons (Fsp3) is 0.333. The van der Waals surface area contributed by atoms with Gasteiger partial charge in [0, 0.05) is 18.0 Å². The third-order valence-electron chi connectivity index (χ3n) is 4.52. The molecular weight excluding hydrogens is 355 g/mol. The fourth-order valence-corrected chi connectivity index (χ4v) is 2.95. The number of nitrogens with zero attached hydrogens (tertiary/aromatic N) is 3. The number of aliphatic hydroxyl groups is 1. The molecule has 0 bridgehead atoms. The Bertz CT molecular complexity index is 962. The minimum atomic E-state index is -0.808. The van der Waals surface area contributed by atoms with E-state index in [4.69, 9.17) is 8.94 Å². The summed E-state index contributed by atoms with van der Waals surface area (Å²) in [6.45, 7) is 1.55. The van der Waals surface area contributed by atoms with Gasteiger partial charge in [0.15, 0.2) is 11.5 Å².